The normalized spacial score (nSPS) is 39.6. The summed E-state index contributed by atoms with van der Waals surface area (Å²) in [6.07, 6.45) is 4.15. The molecule has 0 bridgehead atoms. The average molecular weight is 226 g/mol. The van der Waals surface area contributed by atoms with Gasteiger partial charge >= 0.3 is 0 Å². The fourth-order valence-electron chi connectivity index (χ4n) is 2.65. The van der Waals surface area contributed by atoms with E-state index < -0.39 is 5.54 Å². The Morgan fingerprint density at radius 1 is 1.38 bits per heavy atom. The Labute approximate surface area is 96.9 Å². The third-order valence-electron chi connectivity index (χ3n) is 3.63. The molecule has 2 atom stereocenters. The monoisotopic (exact) mass is 226 g/mol. The van der Waals surface area contributed by atoms with E-state index in [2.05, 4.69) is 5.32 Å². The van der Waals surface area contributed by atoms with Gasteiger partial charge in [-0.05, 0) is 39.2 Å². The largest absolute Gasteiger partial charge is 0.375 e. The molecule has 2 fully saturated rings. The Hall–Kier alpha value is -0.610. The average Bonchev–Trinajstić information content (AvgIpc) is 2.96. The third kappa shape index (κ3) is 2.55. The molecular weight excluding hydrogens is 204 g/mol. The van der Waals surface area contributed by atoms with Crippen molar-refractivity contribution in [1.29, 1.82) is 0 Å². The molecule has 0 spiro atoms. The van der Waals surface area contributed by atoms with Crippen molar-refractivity contribution >= 4 is 5.91 Å². The molecule has 92 valence electrons. The Morgan fingerprint density at radius 2 is 1.94 bits per heavy atom. The van der Waals surface area contributed by atoms with Crippen molar-refractivity contribution in [3.8, 4) is 0 Å². The van der Waals surface area contributed by atoms with Gasteiger partial charge in [-0.25, -0.2) is 0 Å². The van der Waals surface area contributed by atoms with Crippen LogP contribution in [0.1, 0.15) is 39.5 Å². The van der Waals surface area contributed by atoms with E-state index in [0.717, 1.165) is 12.5 Å². The highest BCUT2D eigenvalue weighted by molar-refractivity contribution is 5.85. The molecule has 1 amide bonds. The maximum absolute atomic E-state index is 11.7. The summed E-state index contributed by atoms with van der Waals surface area (Å²) < 4.78 is 5.67. The van der Waals surface area contributed by atoms with Crippen LogP contribution in [0.25, 0.3) is 0 Å². The van der Waals surface area contributed by atoms with E-state index in [1.807, 2.05) is 13.8 Å². The lowest BCUT2D eigenvalue weighted by Crippen LogP contribution is -2.61. The highest BCUT2D eigenvalue weighted by Gasteiger charge is 2.43. The van der Waals surface area contributed by atoms with Crippen molar-refractivity contribution in [2.75, 3.05) is 6.54 Å². The second-order valence-corrected chi connectivity index (χ2v) is 5.44. The van der Waals surface area contributed by atoms with Crippen LogP contribution in [0.4, 0.5) is 0 Å². The highest BCUT2D eigenvalue weighted by atomic mass is 16.5. The molecule has 3 N–H and O–H groups in total. The molecular formula is C12H22N2O2. The number of hydrogen-bond donors (Lipinski definition) is 2. The van der Waals surface area contributed by atoms with E-state index in [9.17, 15) is 4.79 Å². The lowest BCUT2D eigenvalue weighted by molar-refractivity contribution is -0.135. The fourth-order valence-corrected chi connectivity index (χ4v) is 2.65. The van der Waals surface area contributed by atoms with Crippen molar-refractivity contribution in [2.45, 2.75) is 57.3 Å². The van der Waals surface area contributed by atoms with Gasteiger partial charge in [-0.1, -0.05) is 0 Å². The van der Waals surface area contributed by atoms with Crippen LogP contribution in [0.2, 0.25) is 0 Å². The standard InChI is InChI=1S/C12H22N2O2/c1-8-5-12(11(13)15,6-9(2)16-8)14-7-10-3-4-10/h8-10,14H,3-7H2,1-2H3,(H2,13,15). The van der Waals surface area contributed by atoms with E-state index >= 15 is 0 Å². The number of ether oxygens (including phenoxy) is 1. The fraction of sp³-hybridized carbons (Fsp3) is 0.917. The van der Waals surface area contributed by atoms with Gasteiger partial charge in [0, 0.05) is 12.8 Å². The summed E-state index contributed by atoms with van der Waals surface area (Å²) in [6.45, 7) is 4.93. The van der Waals surface area contributed by atoms with Crippen LogP contribution in [0.5, 0.6) is 0 Å². The second kappa shape index (κ2) is 4.34. The van der Waals surface area contributed by atoms with Crippen LogP contribution in [0, 0.1) is 5.92 Å². The smallest absolute Gasteiger partial charge is 0.237 e. The molecule has 4 nitrogen and oxygen atoms in total. The molecule has 0 aromatic heterocycles. The number of nitrogens with one attached hydrogen (secondary N) is 1. The Kier molecular flexibility index (Phi) is 3.22. The molecule has 4 heteroatoms. The van der Waals surface area contributed by atoms with Gasteiger partial charge in [0.15, 0.2) is 0 Å². The molecule has 2 aliphatic rings. The summed E-state index contributed by atoms with van der Waals surface area (Å²) in [7, 11) is 0. The van der Waals surface area contributed by atoms with Gasteiger partial charge in [-0.15, -0.1) is 0 Å². The lowest BCUT2D eigenvalue weighted by Gasteiger charge is -2.41. The van der Waals surface area contributed by atoms with Gasteiger partial charge in [0.25, 0.3) is 0 Å². The summed E-state index contributed by atoms with van der Waals surface area (Å²) in [5.74, 6) is 0.528. The van der Waals surface area contributed by atoms with Crippen LogP contribution in [-0.2, 0) is 9.53 Å². The van der Waals surface area contributed by atoms with Gasteiger partial charge in [-0.2, -0.15) is 0 Å². The highest BCUT2D eigenvalue weighted by Crippen LogP contribution is 2.32. The molecule has 0 aromatic carbocycles. The summed E-state index contributed by atoms with van der Waals surface area (Å²) in [5.41, 5.74) is 5.03. The van der Waals surface area contributed by atoms with Crippen molar-refractivity contribution in [1.82, 2.24) is 5.32 Å². The minimum Gasteiger partial charge on any atom is -0.375 e. The number of hydrogen-bond acceptors (Lipinski definition) is 3. The number of nitrogens with two attached hydrogens (primary N) is 1. The van der Waals surface area contributed by atoms with Crippen molar-refractivity contribution in [2.24, 2.45) is 11.7 Å². The molecule has 0 radical (unpaired) electrons. The number of carbonyl (C=O) groups excluding carboxylic acids is 1. The van der Waals surface area contributed by atoms with Crippen molar-refractivity contribution < 1.29 is 9.53 Å². The van der Waals surface area contributed by atoms with Crippen molar-refractivity contribution in [3.63, 3.8) is 0 Å². The first-order chi connectivity index (χ1) is 7.52. The maximum atomic E-state index is 11.7. The Balaban J connectivity index is 2.03. The van der Waals surface area contributed by atoms with Crippen LogP contribution in [-0.4, -0.2) is 30.2 Å². The summed E-state index contributed by atoms with van der Waals surface area (Å²) in [6, 6.07) is 0. The number of primary amides is 1. The molecule has 1 aliphatic carbocycles. The molecule has 2 unspecified atom stereocenters. The maximum Gasteiger partial charge on any atom is 0.237 e. The molecule has 1 heterocycles. The summed E-state index contributed by atoms with van der Waals surface area (Å²) in [5, 5.41) is 3.40. The molecule has 1 aliphatic heterocycles. The number of rotatable bonds is 4. The first-order valence-corrected chi connectivity index (χ1v) is 6.22. The van der Waals surface area contributed by atoms with E-state index in [1.54, 1.807) is 0 Å². The quantitative estimate of drug-likeness (QED) is 0.745. The summed E-state index contributed by atoms with van der Waals surface area (Å²) >= 11 is 0. The zero-order valence-corrected chi connectivity index (χ0v) is 10.2. The minimum absolute atomic E-state index is 0.1000. The zero-order chi connectivity index (χ0) is 11.8. The molecule has 1 saturated heterocycles. The first kappa shape index (κ1) is 11.9. The number of amides is 1. The molecule has 16 heavy (non-hydrogen) atoms. The molecule has 0 aromatic rings. The SMILES string of the molecule is CC1CC(NCC2CC2)(C(N)=O)CC(C)O1. The van der Waals surface area contributed by atoms with Gasteiger partial charge < -0.3 is 15.8 Å². The zero-order valence-electron chi connectivity index (χ0n) is 10.2. The lowest BCUT2D eigenvalue weighted by atomic mass is 9.83. The summed E-state index contributed by atoms with van der Waals surface area (Å²) in [4.78, 5) is 11.7. The van der Waals surface area contributed by atoms with Crippen LogP contribution in [0.15, 0.2) is 0 Å². The van der Waals surface area contributed by atoms with Gasteiger partial charge in [-0.3, -0.25) is 4.79 Å². The van der Waals surface area contributed by atoms with E-state index in [0.29, 0.717) is 12.8 Å². The van der Waals surface area contributed by atoms with Crippen LogP contribution in [0.3, 0.4) is 0 Å². The van der Waals surface area contributed by atoms with Gasteiger partial charge in [0.1, 0.15) is 5.54 Å². The van der Waals surface area contributed by atoms with Crippen LogP contribution < -0.4 is 11.1 Å². The minimum atomic E-state index is -0.542. The van der Waals surface area contributed by atoms with Crippen LogP contribution >= 0.6 is 0 Å². The predicted octanol–water partition coefficient (Wildman–Crippen LogP) is 0.797. The second-order valence-electron chi connectivity index (χ2n) is 5.44. The number of carbonyl (C=O) groups is 1. The van der Waals surface area contributed by atoms with E-state index in [-0.39, 0.29) is 18.1 Å². The van der Waals surface area contributed by atoms with Gasteiger partial charge in [0.05, 0.1) is 12.2 Å². The van der Waals surface area contributed by atoms with Crippen molar-refractivity contribution in [3.05, 3.63) is 0 Å². The Bertz CT molecular complexity index is 266. The van der Waals surface area contributed by atoms with E-state index in [1.165, 1.54) is 12.8 Å². The predicted molar refractivity (Wildman–Crippen MR) is 61.9 cm³/mol. The molecule has 1 saturated carbocycles. The Morgan fingerprint density at radius 3 is 2.38 bits per heavy atom. The first-order valence-electron chi connectivity index (χ1n) is 6.22. The topological polar surface area (TPSA) is 64.3 Å². The van der Waals surface area contributed by atoms with Gasteiger partial charge in [0.2, 0.25) is 5.91 Å². The third-order valence-corrected chi connectivity index (χ3v) is 3.63. The van der Waals surface area contributed by atoms with E-state index in [4.69, 9.17) is 10.5 Å². The molecule has 2 rings (SSSR count).